The Balaban J connectivity index is 2.32. The zero-order valence-electron chi connectivity index (χ0n) is 12.6. The van der Waals surface area contributed by atoms with Crippen LogP contribution in [-0.2, 0) is 16.0 Å². The lowest BCUT2D eigenvalue weighted by Gasteiger charge is -2.20. The largest absolute Gasteiger partial charge is 0.391 e. The minimum absolute atomic E-state index is 0.0543. The quantitative estimate of drug-likeness (QED) is 0.669. The Bertz CT molecular complexity index is 448. The molecular formula is C16H24N2O3. The van der Waals surface area contributed by atoms with Crippen molar-refractivity contribution in [1.29, 1.82) is 0 Å². The van der Waals surface area contributed by atoms with Crippen molar-refractivity contribution in [3.05, 3.63) is 35.9 Å². The molecule has 0 fully saturated rings. The van der Waals surface area contributed by atoms with E-state index < -0.39 is 6.10 Å². The van der Waals surface area contributed by atoms with Crippen molar-refractivity contribution in [2.24, 2.45) is 0 Å². The van der Waals surface area contributed by atoms with Crippen LogP contribution in [0, 0.1) is 0 Å². The van der Waals surface area contributed by atoms with Crippen LogP contribution in [0.1, 0.15) is 32.3 Å². The lowest BCUT2D eigenvalue weighted by Crippen LogP contribution is -2.46. The molecule has 0 heterocycles. The Morgan fingerprint density at radius 3 is 2.48 bits per heavy atom. The third kappa shape index (κ3) is 6.90. The molecule has 5 nitrogen and oxygen atoms in total. The Hall–Kier alpha value is -1.88. The number of carbonyl (C=O) groups excluding carboxylic acids is 2. The number of rotatable bonds is 8. The second-order valence-electron chi connectivity index (χ2n) is 5.14. The highest BCUT2D eigenvalue weighted by atomic mass is 16.3. The lowest BCUT2D eigenvalue weighted by atomic mass is 10.0. The van der Waals surface area contributed by atoms with E-state index in [2.05, 4.69) is 10.6 Å². The standard InChI is InChI=1S/C16H24N2O3/c1-3-7-15(20)17-11-16(21)18-12(2)14(19)10-13-8-5-4-6-9-13/h4-6,8-9,12,14,19H,3,7,10-11H2,1-2H3,(H,17,20)(H,18,21). The number of benzene rings is 1. The van der Waals surface area contributed by atoms with E-state index in [9.17, 15) is 14.7 Å². The smallest absolute Gasteiger partial charge is 0.239 e. The zero-order valence-corrected chi connectivity index (χ0v) is 12.6. The fraction of sp³-hybridized carbons (Fsp3) is 0.500. The highest BCUT2D eigenvalue weighted by molar-refractivity contribution is 5.84. The Labute approximate surface area is 125 Å². The SMILES string of the molecule is CCCC(=O)NCC(=O)NC(C)C(O)Cc1ccccc1. The van der Waals surface area contributed by atoms with Gasteiger partial charge in [-0.15, -0.1) is 0 Å². The van der Waals surface area contributed by atoms with E-state index in [0.29, 0.717) is 12.8 Å². The maximum absolute atomic E-state index is 11.7. The lowest BCUT2D eigenvalue weighted by molar-refractivity contribution is -0.126. The molecule has 3 N–H and O–H groups in total. The molecule has 0 radical (unpaired) electrons. The van der Waals surface area contributed by atoms with Gasteiger partial charge in [0.1, 0.15) is 0 Å². The van der Waals surface area contributed by atoms with Gasteiger partial charge < -0.3 is 15.7 Å². The first-order valence-electron chi connectivity index (χ1n) is 7.31. The molecule has 0 aliphatic heterocycles. The maximum Gasteiger partial charge on any atom is 0.239 e. The van der Waals surface area contributed by atoms with E-state index in [4.69, 9.17) is 0 Å². The predicted octanol–water partition coefficient (Wildman–Crippen LogP) is 1.01. The summed E-state index contributed by atoms with van der Waals surface area (Å²) in [6.45, 7) is 3.60. The number of aliphatic hydroxyl groups excluding tert-OH is 1. The Morgan fingerprint density at radius 1 is 1.19 bits per heavy atom. The summed E-state index contributed by atoms with van der Waals surface area (Å²) in [6.07, 6.45) is 0.978. The number of amides is 2. The van der Waals surface area contributed by atoms with Crippen molar-refractivity contribution in [2.75, 3.05) is 6.54 Å². The molecule has 0 aliphatic carbocycles. The van der Waals surface area contributed by atoms with Crippen molar-refractivity contribution in [1.82, 2.24) is 10.6 Å². The van der Waals surface area contributed by atoms with Crippen LogP contribution in [0.3, 0.4) is 0 Å². The van der Waals surface area contributed by atoms with E-state index in [1.165, 1.54) is 0 Å². The fourth-order valence-electron chi connectivity index (χ4n) is 1.93. The fourth-order valence-corrected chi connectivity index (χ4v) is 1.93. The van der Waals surface area contributed by atoms with Crippen molar-refractivity contribution in [3.8, 4) is 0 Å². The molecule has 0 saturated heterocycles. The molecule has 0 bridgehead atoms. The van der Waals surface area contributed by atoms with Crippen molar-refractivity contribution >= 4 is 11.8 Å². The van der Waals surface area contributed by atoms with Gasteiger partial charge in [0.15, 0.2) is 0 Å². The minimum atomic E-state index is -0.664. The average Bonchev–Trinajstić information content (AvgIpc) is 2.46. The van der Waals surface area contributed by atoms with Crippen LogP contribution < -0.4 is 10.6 Å². The van der Waals surface area contributed by atoms with E-state index >= 15 is 0 Å². The van der Waals surface area contributed by atoms with Crippen LogP contribution in [0.4, 0.5) is 0 Å². The van der Waals surface area contributed by atoms with Crippen LogP contribution in [0.25, 0.3) is 0 Å². The predicted molar refractivity (Wildman–Crippen MR) is 81.7 cm³/mol. The molecule has 0 saturated carbocycles. The third-order valence-corrected chi connectivity index (χ3v) is 3.18. The van der Waals surface area contributed by atoms with Crippen molar-refractivity contribution < 1.29 is 14.7 Å². The molecule has 5 heteroatoms. The molecule has 21 heavy (non-hydrogen) atoms. The number of aliphatic hydroxyl groups is 1. The average molecular weight is 292 g/mol. The minimum Gasteiger partial charge on any atom is -0.391 e. The molecule has 2 atom stereocenters. The Morgan fingerprint density at radius 2 is 1.86 bits per heavy atom. The highest BCUT2D eigenvalue weighted by Crippen LogP contribution is 2.05. The van der Waals surface area contributed by atoms with Gasteiger partial charge in [0, 0.05) is 12.8 Å². The summed E-state index contributed by atoms with van der Waals surface area (Å²) in [4.78, 5) is 22.9. The van der Waals surface area contributed by atoms with E-state index in [0.717, 1.165) is 12.0 Å². The summed E-state index contributed by atoms with van der Waals surface area (Å²) in [5, 5.41) is 15.3. The van der Waals surface area contributed by atoms with Gasteiger partial charge in [-0.2, -0.15) is 0 Å². The first-order chi connectivity index (χ1) is 10.0. The molecule has 1 aromatic rings. The molecule has 0 spiro atoms. The molecule has 2 unspecified atom stereocenters. The second-order valence-corrected chi connectivity index (χ2v) is 5.14. The van der Waals surface area contributed by atoms with Gasteiger partial charge in [-0.3, -0.25) is 9.59 Å². The van der Waals surface area contributed by atoms with Gasteiger partial charge in [-0.25, -0.2) is 0 Å². The van der Waals surface area contributed by atoms with Crippen LogP contribution in [0.15, 0.2) is 30.3 Å². The number of carbonyl (C=O) groups is 2. The summed E-state index contributed by atoms with van der Waals surface area (Å²) < 4.78 is 0. The first-order valence-corrected chi connectivity index (χ1v) is 7.31. The molecule has 2 amide bonds. The summed E-state index contributed by atoms with van der Waals surface area (Å²) in [5.41, 5.74) is 1.02. The van der Waals surface area contributed by atoms with Gasteiger partial charge >= 0.3 is 0 Å². The zero-order chi connectivity index (χ0) is 15.7. The monoisotopic (exact) mass is 292 g/mol. The summed E-state index contributed by atoms with van der Waals surface area (Å²) in [5.74, 6) is -0.427. The van der Waals surface area contributed by atoms with Gasteiger partial charge in [0.05, 0.1) is 18.7 Å². The molecule has 1 aromatic carbocycles. The molecule has 116 valence electrons. The number of hydrogen-bond donors (Lipinski definition) is 3. The molecule has 0 aliphatic rings. The van der Waals surface area contributed by atoms with E-state index in [1.807, 2.05) is 37.3 Å². The Kier molecular flexibility index (Phi) is 7.46. The van der Waals surface area contributed by atoms with E-state index in [1.54, 1.807) is 6.92 Å². The van der Waals surface area contributed by atoms with Crippen LogP contribution in [-0.4, -0.2) is 35.6 Å². The van der Waals surface area contributed by atoms with Crippen LogP contribution in [0.5, 0.6) is 0 Å². The van der Waals surface area contributed by atoms with Crippen LogP contribution >= 0.6 is 0 Å². The second kappa shape index (κ2) is 9.13. The topological polar surface area (TPSA) is 78.4 Å². The highest BCUT2D eigenvalue weighted by Gasteiger charge is 2.17. The summed E-state index contributed by atoms with van der Waals surface area (Å²) in [6, 6.07) is 9.23. The van der Waals surface area contributed by atoms with Gasteiger partial charge in [0.25, 0.3) is 0 Å². The summed E-state index contributed by atoms with van der Waals surface area (Å²) >= 11 is 0. The van der Waals surface area contributed by atoms with Crippen LogP contribution in [0.2, 0.25) is 0 Å². The van der Waals surface area contributed by atoms with Crippen molar-refractivity contribution in [2.45, 2.75) is 45.3 Å². The first kappa shape index (κ1) is 17.2. The molecule has 0 aromatic heterocycles. The summed E-state index contributed by atoms with van der Waals surface area (Å²) in [7, 11) is 0. The van der Waals surface area contributed by atoms with Gasteiger partial charge in [0.2, 0.25) is 11.8 Å². The number of nitrogens with one attached hydrogen (secondary N) is 2. The normalized spacial score (nSPS) is 13.3. The van der Waals surface area contributed by atoms with Crippen molar-refractivity contribution in [3.63, 3.8) is 0 Å². The van der Waals surface area contributed by atoms with E-state index in [-0.39, 0.29) is 24.4 Å². The molecular weight excluding hydrogens is 268 g/mol. The number of hydrogen-bond acceptors (Lipinski definition) is 3. The van der Waals surface area contributed by atoms with Gasteiger partial charge in [-0.05, 0) is 18.9 Å². The molecule has 1 rings (SSSR count). The van der Waals surface area contributed by atoms with Gasteiger partial charge in [-0.1, -0.05) is 37.3 Å². The maximum atomic E-state index is 11.7. The third-order valence-electron chi connectivity index (χ3n) is 3.18.